The average molecular weight is 515 g/mol. The van der Waals surface area contributed by atoms with Crippen molar-refractivity contribution >= 4 is 39.6 Å². The van der Waals surface area contributed by atoms with E-state index >= 15 is 0 Å². The Morgan fingerprint density at radius 1 is 1.08 bits per heavy atom. The lowest BCUT2D eigenvalue weighted by Gasteiger charge is -2.33. The highest BCUT2D eigenvalue weighted by Gasteiger charge is 2.31. The molecule has 0 radical (unpaired) electrons. The van der Waals surface area contributed by atoms with Gasteiger partial charge in [0, 0.05) is 11.8 Å². The van der Waals surface area contributed by atoms with Gasteiger partial charge in [0.1, 0.15) is 29.3 Å². The minimum absolute atomic E-state index is 0.249. The van der Waals surface area contributed by atoms with Crippen molar-refractivity contribution in [3.05, 3.63) is 36.0 Å². The van der Waals surface area contributed by atoms with E-state index in [4.69, 9.17) is 9.47 Å². The van der Waals surface area contributed by atoms with Crippen LogP contribution in [0.5, 0.6) is 5.75 Å². The topological polar surface area (TPSA) is 112 Å². The molecule has 36 heavy (non-hydrogen) atoms. The lowest BCUT2D eigenvalue weighted by Crippen LogP contribution is -2.52. The molecule has 2 N–H and O–H groups in total. The molecule has 0 saturated carbocycles. The zero-order valence-corrected chi connectivity index (χ0v) is 22.6. The molecule has 1 aromatic carbocycles. The van der Waals surface area contributed by atoms with E-state index < -0.39 is 23.3 Å². The summed E-state index contributed by atoms with van der Waals surface area (Å²) in [6.45, 7) is 11.9. The third-order valence-corrected chi connectivity index (χ3v) is 6.00. The van der Waals surface area contributed by atoms with Crippen LogP contribution >= 0.6 is 11.3 Å². The van der Waals surface area contributed by atoms with Crippen molar-refractivity contribution in [2.75, 3.05) is 19.0 Å². The molecule has 3 rings (SSSR count). The normalized spacial score (nSPS) is 13.2. The number of thiazole rings is 1. The van der Waals surface area contributed by atoms with Crippen molar-refractivity contribution < 1.29 is 23.8 Å². The molecule has 194 valence electrons. The van der Waals surface area contributed by atoms with Crippen molar-refractivity contribution in [2.24, 2.45) is 5.92 Å². The molecule has 1 atom stereocenters. The number of methoxy groups -OCH3 is 1. The van der Waals surface area contributed by atoms with Crippen LogP contribution in [0.25, 0.3) is 21.3 Å². The van der Waals surface area contributed by atoms with E-state index in [0.29, 0.717) is 23.9 Å². The Kier molecular flexibility index (Phi) is 8.39. The van der Waals surface area contributed by atoms with Gasteiger partial charge in [0.15, 0.2) is 0 Å². The molecule has 0 aliphatic heterocycles. The Labute approximate surface area is 215 Å². The van der Waals surface area contributed by atoms with E-state index in [1.807, 2.05) is 45.9 Å². The van der Waals surface area contributed by atoms with Crippen LogP contribution in [-0.2, 0) is 9.47 Å². The molecule has 2 heterocycles. The molecule has 10 heteroatoms. The summed E-state index contributed by atoms with van der Waals surface area (Å²) in [5, 5.41) is 5.58. The monoisotopic (exact) mass is 514 g/mol. The number of aromatic nitrogens is 2. The van der Waals surface area contributed by atoms with Gasteiger partial charge in [-0.3, -0.25) is 5.32 Å². The second-order valence-electron chi connectivity index (χ2n) is 10.3. The molecule has 0 fully saturated rings. The first-order chi connectivity index (χ1) is 16.9. The smallest absolute Gasteiger partial charge is 0.412 e. The standard InChI is InChI=1S/C26H34N4O5S/c1-16(2)13-26(6,30-24(32)35-25(3,4)5)14-34-19-9-8-18(22-21(19)28-15-36-22)17-10-11-27-20(12-17)29-23(31)33-7/h8-12,15-16H,13-14H2,1-7H3,(H,30,32)(H,27,29,31)/t26-/m0/s1. The summed E-state index contributed by atoms with van der Waals surface area (Å²) < 4.78 is 17.3. The number of nitrogens with zero attached hydrogens (tertiary/aromatic N) is 2. The highest BCUT2D eigenvalue weighted by Crippen LogP contribution is 2.37. The van der Waals surface area contributed by atoms with Gasteiger partial charge in [0.25, 0.3) is 0 Å². The summed E-state index contributed by atoms with van der Waals surface area (Å²) in [6, 6.07) is 7.46. The molecule has 0 spiro atoms. The Morgan fingerprint density at radius 3 is 2.50 bits per heavy atom. The van der Waals surface area contributed by atoms with Crippen LogP contribution < -0.4 is 15.4 Å². The Hall–Kier alpha value is -3.40. The number of pyridine rings is 1. The van der Waals surface area contributed by atoms with Gasteiger partial charge in [-0.25, -0.2) is 19.6 Å². The maximum Gasteiger partial charge on any atom is 0.412 e. The molecule has 2 aromatic heterocycles. The number of alkyl carbamates (subject to hydrolysis) is 1. The zero-order valence-electron chi connectivity index (χ0n) is 21.8. The SMILES string of the molecule is COC(=O)Nc1cc(-c2ccc(OC[C@](C)(CC(C)C)NC(=O)OC(C)(C)C)c3ncsc23)ccn1. The van der Waals surface area contributed by atoms with Gasteiger partial charge in [0.2, 0.25) is 0 Å². The highest BCUT2D eigenvalue weighted by molar-refractivity contribution is 7.17. The Morgan fingerprint density at radius 2 is 1.83 bits per heavy atom. The minimum Gasteiger partial charge on any atom is -0.489 e. The summed E-state index contributed by atoms with van der Waals surface area (Å²) in [6.07, 6.45) is 1.27. The number of carbonyl (C=O) groups is 2. The summed E-state index contributed by atoms with van der Waals surface area (Å²) in [4.78, 5) is 32.8. The van der Waals surface area contributed by atoms with Gasteiger partial charge >= 0.3 is 12.2 Å². The van der Waals surface area contributed by atoms with Crippen molar-refractivity contribution in [3.63, 3.8) is 0 Å². The predicted molar refractivity (Wildman–Crippen MR) is 142 cm³/mol. The minimum atomic E-state index is -0.642. The Balaban J connectivity index is 1.84. The fourth-order valence-electron chi connectivity index (χ4n) is 3.93. The van der Waals surface area contributed by atoms with Crippen LogP contribution in [0.3, 0.4) is 0 Å². The number of ether oxygens (including phenoxy) is 3. The largest absolute Gasteiger partial charge is 0.489 e. The van der Waals surface area contributed by atoms with Gasteiger partial charge in [-0.2, -0.15) is 0 Å². The van der Waals surface area contributed by atoms with Crippen LogP contribution in [0.1, 0.15) is 48.0 Å². The number of nitrogens with one attached hydrogen (secondary N) is 2. The Bertz CT molecular complexity index is 1220. The maximum atomic E-state index is 12.5. The third-order valence-electron chi connectivity index (χ3n) is 5.14. The molecule has 3 aromatic rings. The quantitative estimate of drug-likeness (QED) is 0.366. The van der Waals surface area contributed by atoms with Gasteiger partial charge < -0.3 is 19.5 Å². The summed E-state index contributed by atoms with van der Waals surface area (Å²) >= 11 is 1.49. The van der Waals surface area contributed by atoms with Gasteiger partial charge in [-0.1, -0.05) is 13.8 Å². The number of anilines is 1. The van der Waals surface area contributed by atoms with E-state index in [2.05, 4.69) is 39.2 Å². The van der Waals surface area contributed by atoms with E-state index in [0.717, 1.165) is 21.3 Å². The molecule has 2 amide bonds. The number of amides is 2. The first-order valence-electron chi connectivity index (χ1n) is 11.7. The summed E-state index contributed by atoms with van der Waals surface area (Å²) in [7, 11) is 1.30. The maximum absolute atomic E-state index is 12.5. The van der Waals surface area contributed by atoms with Crippen LogP contribution in [-0.4, -0.2) is 47.0 Å². The second-order valence-corrected chi connectivity index (χ2v) is 11.1. The zero-order chi connectivity index (χ0) is 26.5. The number of fused-ring (bicyclic) bond motifs is 1. The van der Waals surface area contributed by atoms with Gasteiger partial charge in [0.05, 0.1) is 22.9 Å². The molecule has 9 nitrogen and oxygen atoms in total. The van der Waals surface area contributed by atoms with Crippen LogP contribution in [0.2, 0.25) is 0 Å². The molecule has 0 aliphatic carbocycles. The number of benzene rings is 1. The molecular formula is C26H34N4O5S. The molecule has 0 saturated heterocycles. The van der Waals surface area contributed by atoms with Crippen molar-refractivity contribution in [3.8, 4) is 16.9 Å². The first kappa shape index (κ1) is 27.2. The number of hydrogen-bond acceptors (Lipinski definition) is 8. The highest BCUT2D eigenvalue weighted by atomic mass is 32.1. The lowest BCUT2D eigenvalue weighted by atomic mass is 9.91. The van der Waals surface area contributed by atoms with Crippen LogP contribution in [0.15, 0.2) is 36.0 Å². The van der Waals surface area contributed by atoms with E-state index in [9.17, 15) is 9.59 Å². The fraction of sp³-hybridized carbons (Fsp3) is 0.462. The summed E-state index contributed by atoms with van der Waals surface area (Å²) in [5.41, 5.74) is 3.06. The fourth-order valence-corrected chi connectivity index (χ4v) is 4.77. The number of hydrogen-bond donors (Lipinski definition) is 2. The number of carbonyl (C=O) groups excluding carboxylic acids is 2. The van der Waals surface area contributed by atoms with E-state index in [-0.39, 0.29) is 6.61 Å². The van der Waals surface area contributed by atoms with Crippen LogP contribution in [0.4, 0.5) is 15.4 Å². The van der Waals surface area contributed by atoms with Gasteiger partial charge in [-0.05, 0) is 69.9 Å². The molecular weight excluding hydrogens is 480 g/mol. The molecule has 0 bridgehead atoms. The van der Waals surface area contributed by atoms with E-state index in [1.165, 1.54) is 18.4 Å². The van der Waals surface area contributed by atoms with Crippen molar-refractivity contribution in [2.45, 2.75) is 59.1 Å². The lowest BCUT2D eigenvalue weighted by molar-refractivity contribution is 0.0408. The average Bonchev–Trinajstić information content (AvgIpc) is 3.25. The summed E-state index contributed by atoms with van der Waals surface area (Å²) in [5.74, 6) is 1.34. The third kappa shape index (κ3) is 7.30. The van der Waals surface area contributed by atoms with Crippen LogP contribution in [0, 0.1) is 5.92 Å². The van der Waals surface area contributed by atoms with Crippen molar-refractivity contribution in [1.82, 2.24) is 15.3 Å². The van der Waals surface area contributed by atoms with Crippen molar-refractivity contribution in [1.29, 1.82) is 0 Å². The second kappa shape index (κ2) is 11.1. The number of rotatable bonds is 8. The molecule has 0 aliphatic rings. The van der Waals surface area contributed by atoms with E-state index in [1.54, 1.807) is 17.8 Å². The molecule has 0 unspecified atom stereocenters. The predicted octanol–water partition coefficient (Wildman–Crippen LogP) is 6.24. The first-order valence-corrected chi connectivity index (χ1v) is 12.6. The van der Waals surface area contributed by atoms with Gasteiger partial charge in [-0.15, -0.1) is 11.3 Å².